The first-order valence-corrected chi connectivity index (χ1v) is 10.7. The zero-order chi connectivity index (χ0) is 18.9. The molecule has 1 aliphatic heterocycles. The number of ether oxygens (including phenoxy) is 2. The van der Waals surface area contributed by atoms with Crippen LogP contribution < -0.4 is 5.32 Å². The van der Waals surface area contributed by atoms with E-state index in [9.17, 15) is 9.90 Å². The topological polar surface area (TPSA) is 77.0 Å². The van der Waals surface area contributed by atoms with Crippen molar-refractivity contribution in [3.05, 3.63) is 0 Å². The lowest BCUT2D eigenvalue weighted by Gasteiger charge is -2.35. The van der Waals surface area contributed by atoms with Crippen LogP contribution in [0, 0.1) is 5.92 Å². The Morgan fingerprint density at radius 1 is 1.58 bits per heavy atom. The molecule has 2 N–H and O–H groups in total. The van der Waals surface area contributed by atoms with E-state index in [4.69, 9.17) is 15.3 Å². The van der Waals surface area contributed by atoms with Crippen LogP contribution in [0.2, 0.25) is 6.04 Å². The van der Waals surface area contributed by atoms with Crippen LogP contribution in [0.3, 0.4) is 0 Å². The van der Waals surface area contributed by atoms with Gasteiger partial charge in [0.1, 0.15) is 12.7 Å². The summed E-state index contributed by atoms with van der Waals surface area (Å²) in [6.45, 7) is 8.53. The summed E-state index contributed by atoms with van der Waals surface area (Å²) in [6.07, 6.45) is 1.62. The molecule has 1 aliphatic rings. The van der Waals surface area contributed by atoms with Crippen LogP contribution in [0.15, 0.2) is 0 Å². The van der Waals surface area contributed by atoms with Crippen LogP contribution in [0.1, 0.15) is 54.7 Å². The summed E-state index contributed by atoms with van der Waals surface area (Å²) in [5, 5.41) is 12.3. The van der Waals surface area contributed by atoms with Crippen LogP contribution >= 0.6 is 0 Å². The van der Waals surface area contributed by atoms with Gasteiger partial charge in [-0.05, 0) is 31.7 Å². The van der Waals surface area contributed by atoms with E-state index >= 15 is 0 Å². The molecule has 1 rings (SSSR count). The van der Waals surface area contributed by atoms with Crippen molar-refractivity contribution in [2.24, 2.45) is 5.92 Å². The molecule has 5 unspecified atom stereocenters. The molecule has 0 aromatic carbocycles. The third-order valence-electron chi connectivity index (χ3n) is 4.99. The lowest BCUT2D eigenvalue weighted by atomic mass is 9.87. The molecule has 0 aliphatic carbocycles. The van der Waals surface area contributed by atoms with Crippen molar-refractivity contribution in [3.63, 3.8) is 0 Å². The molecule has 0 radical (unpaired) electrons. The van der Waals surface area contributed by atoms with Gasteiger partial charge in [0.05, 0.1) is 13.6 Å². The number of aliphatic hydroxyl groups excluding tert-OH is 1. The average molecular weight is 364 g/mol. The van der Waals surface area contributed by atoms with Crippen molar-refractivity contribution in [1.29, 1.82) is 0 Å². The number of carbonyl (C=O) groups is 1. The highest BCUT2D eigenvalue weighted by atomic mass is 28.2. The Labute approximate surface area is 150 Å². The smallest absolute Gasteiger partial charge is 0.246 e. The number of aliphatic hydroxyl groups is 1. The van der Waals surface area contributed by atoms with Crippen LogP contribution in [0.25, 0.3) is 0 Å². The molecule has 1 heterocycles. The van der Waals surface area contributed by atoms with Crippen LogP contribution in [0.4, 0.5) is 0 Å². The summed E-state index contributed by atoms with van der Waals surface area (Å²) >= 11 is 0. The fraction of sp³-hybridized carbons (Fsp3) is 0.941. The standard InChI is InChI=1S/C17H35NO5Si/c1-5-13(3)17(4,6-2)23-24-11-7-9-18-15(19)12-22-14-8-10-21-16(14)20/h13-14,16,20H,5-12,24H2,1-4H3,(H,18,19)/i10T. The Balaban J connectivity index is 2.08. The van der Waals surface area contributed by atoms with Gasteiger partial charge in [-0.2, -0.15) is 0 Å². The van der Waals surface area contributed by atoms with Gasteiger partial charge in [-0.1, -0.05) is 27.2 Å². The highest BCUT2D eigenvalue weighted by Crippen LogP contribution is 2.27. The van der Waals surface area contributed by atoms with Gasteiger partial charge in [0.2, 0.25) is 5.91 Å². The summed E-state index contributed by atoms with van der Waals surface area (Å²) in [4.78, 5) is 11.7. The molecule has 0 bridgehead atoms. The molecule has 142 valence electrons. The first-order valence-electron chi connectivity index (χ1n) is 9.68. The van der Waals surface area contributed by atoms with Crippen molar-refractivity contribution < 1.29 is 25.2 Å². The molecule has 1 amide bonds. The fourth-order valence-corrected chi connectivity index (χ4v) is 4.18. The van der Waals surface area contributed by atoms with Gasteiger partial charge >= 0.3 is 0 Å². The normalized spacial score (nSPS) is 28.7. The first-order chi connectivity index (χ1) is 11.8. The predicted molar refractivity (Wildman–Crippen MR) is 96.5 cm³/mol. The van der Waals surface area contributed by atoms with Crippen molar-refractivity contribution in [2.75, 3.05) is 19.7 Å². The number of nitrogens with one attached hydrogen (secondary N) is 1. The third kappa shape index (κ3) is 7.19. The van der Waals surface area contributed by atoms with E-state index in [1.54, 1.807) is 0 Å². The summed E-state index contributed by atoms with van der Waals surface area (Å²) < 4.78 is 23.7. The Morgan fingerprint density at radius 3 is 2.92 bits per heavy atom. The molecule has 5 atom stereocenters. The maximum Gasteiger partial charge on any atom is 0.246 e. The van der Waals surface area contributed by atoms with Crippen molar-refractivity contribution >= 4 is 15.7 Å². The molecule has 0 spiro atoms. The molecular weight excluding hydrogens is 326 g/mol. The van der Waals surface area contributed by atoms with Gasteiger partial charge in [-0.15, -0.1) is 0 Å². The van der Waals surface area contributed by atoms with E-state index in [0.29, 0.717) is 12.5 Å². The molecule has 7 heteroatoms. The molecule has 1 saturated heterocycles. The lowest BCUT2D eigenvalue weighted by Crippen LogP contribution is -2.37. The maximum absolute atomic E-state index is 11.7. The molecule has 1 fully saturated rings. The van der Waals surface area contributed by atoms with E-state index in [1.807, 2.05) is 0 Å². The number of rotatable bonds is 12. The van der Waals surface area contributed by atoms with Crippen molar-refractivity contribution in [3.8, 4) is 0 Å². The monoisotopic (exact) mass is 363 g/mol. The van der Waals surface area contributed by atoms with Gasteiger partial charge in [0.15, 0.2) is 16.1 Å². The lowest BCUT2D eigenvalue weighted by molar-refractivity contribution is -0.143. The van der Waals surface area contributed by atoms with Crippen LogP contribution in [-0.4, -0.2) is 58.5 Å². The number of hydrogen-bond acceptors (Lipinski definition) is 5. The van der Waals surface area contributed by atoms with Gasteiger partial charge in [0.25, 0.3) is 0 Å². The van der Waals surface area contributed by atoms with E-state index in [-0.39, 0.29) is 24.5 Å². The highest BCUT2D eigenvalue weighted by Gasteiger charge is 2.28. The second kappa shape index (κ2) is 11.2. The minimum atomic E-state index is -1.11. The molecule has 0 saturated carbocycles. The number of hydrogen-bond donors (Lipinski definition) is 2. The van der Waals surface area contributed by atoms with Gasteiger partial charge in [-0.25, -0.2) is 0 Å². The Kier molecular flexibility index (Phi) is 9.26. The highest BCUT2D eigenvalue weighted by molar-refractivity contribution is 6.27. The van der Waals surface area contributed by atoms with Crippen LogP contribution in [0.5, 0.6) is 0 Å². The summed E-state index contributed by atoms with van der Waals surface area (Å²) in [5.74, 6) is 0.348. The molecule has 0 aromatic rings. The van der Waals surface area contributed by atoms with Crippen molar-refractivity contribution in [1.82, 2.24) is 5.32 Å². The zero-order valence-corrected chi connectivity index (χ0v) is 17.0. The number of carbonyl (C=O) groups excluding carboxylic acids is 1. The third-order valence-corrected chi connectivity index (χ3v) is 6.64. The molecular formula is C17H35NO5Si. The summed E-state index contributed by atoms with van der Waals surface area (Å²) in [6, 6.07) is 1.03. The minimum Gasteiger partial charge on any atom is -0.419 e. The minimum absolute atomic E-state index is 0.0159. The Morgan fingerprint density at radius 2 is 2.33 bits per heavy atom. The second-order valence-corrected chi connectivity index (χ2v) is 8.06. The second-order valence-electron chi connectivity index (χ2n) is 6.66. The van der Waals surface area contributed by atoms with Crippen molar-refractivity contribution in [2.45, 2.75) is 77.4 Å². The molecule has 6 nitrogen and oxygen atoms in total. The Bertz CT molecular complexity index is 403. The van der Waals surface area contributed by atoms with Gasteiger partial charge in [0, 0.05) is 13.0 Å². The fourth-order valence-electron chi connectivity index (χ4n) is 2.62. The van der Waals surface area contributed by atoms with Crippen LogP contribution in [-0.2, 0) is 18.7 Å². The summed E-state index contributed by atoms with van der Waals surface area (Å²) in [7, 11) is -0.590. The molecule has 24 heavy (non-hydrogen) atoms. The predicted octanol–water partition coefficient (Wildman–Crippen LogP) is 1.35. The average Bonchev–Trinajstić information content (AvgIpc) is 2.92. The first kappa shape index (κ1) is 19.8. The van der Waals surface area contributed by atoms with Gasteiger partial charge in [-0.3, -0.25) is 4.79 Å². The Hall–Kier alpha value is -0.473. The van der Waals surface area contributed by atoms with E-state index in [0.717, 1.165) is 25.3 Å². The SMILES string of the molecule is [3H]C1CC(OCC(=O)NCCC[SiH2]OC(C)(CC)C(C)CC)C(O)O1. The van der Waals surface area contributed by atoms with E-state index in [2.05, 4.69) is 33.0 Å². The quantitative estimate of drug-likeness (QED) is 0.404. The van der Waals surface area contributed by atoms with E-state index in [1.165, 1.54) is 0 Å². The number of amides is 1. The largest absolute Gasteiger partial charge is 0.419 e. The van der Waals surface area contributed by atoms with E-state index < -0.39 is 28.7 Å². The maximum atomic E-state index is 11.7. The van der Waals surface area contributed by atoms with Gasteiger partial charge < -0.3 is 24.3 Å². The zero-order valence-electron chi connectivity index (χ0n) is 16.5. The molecule has 0 aromatic heterocycles. The summed E-state index contributed by atoms with van der Waals surface area (Å²) in [5.41, 5.74) is -0.0159.